The monoisotopic (exact) mass is 261 g/mol. The number of rotatable bonds is 2. The average Bonchev–Trinajstić information content (AvgIpc) is 2.61. The van der Waals surface area contributed by atoms with Crippen LogP contribution >= 0.6 is 0 Å². The number of nitrogens with two attached hydrogens (primary N) is 2. The molecule has 6 heteroatoms. The first-order chi connectivity index (χ1) is 9.06. The molecule has 0 saturated carbocycles. The van der Waals surface area contributed by atoms with Gasteiger partial charge in [0, 0.05) is 24.2 Å². The number of aromatic nitrogens is 2. The van der Waals surface area contributed by atoms with Gasteiger partial charge in [-0.1, -0.05) is 0 Å². The van der Waals surface area contributed by atoms with E-state index < -0.39 is 5.91 Å². The molecule has 2 aliphatic heterocycles. The highest BCUT2D eigenvalue weighted by Crippen LogP contribution is 2.41. The maximum Gasteiger partial charge on any atom is 0.254 e. The zero-order chi connectivity index (χ0) is 13.6. The van der Waals surface area contributed by atoms with Crippen LogP contribution in [0.4, 0.5) is 5.82 Å². The number of carbonyl (C=O) groups is 1. The van der Waals surface area contributed by atoms with Crippen molar-refractivity contribution in [3.05, 3.63) is 17.6 Å². The van der Waals surface area contributed by atoms with Crippen molar-refractivity contribution in [3.63, 3.8) is 0 Å². The molecule has 0 aliphatic carbocycles. The van der Waals surface area contributed by atoms with E-state index in [1.807, 2.05) is 0 Å². The predicted molar refractivity (Wildman–Crippen MR) is 71.5 cm³/mol. The second-order valence-corrected chi connectivity index (χ2v) is 5.61. The van der Waals surface area contributed by atoms with Gasteiger partial charge in [-0.05, 0) is 32.7 Å². The summed E-state index contributed by atoms with van der Waals surface area (Å²) in [5.74, 6) is 0.724. The number of anilines is 1. The Kier molecular flexibility index (Phi) is 2.89. The molecule has 2 aliphatic rings. The predicted octanol–water partition coefficient (Wildman–Crippen LogP) is 0.498. The standard InChI is InChI=1S/C13H19N5O/c1-18-8-2-3-9(18)5-7(4-8)13-16-6-10(12(15)19)11(14)17-13/h6-9H,2-5H2,1H3,(H2,15,19)(H2,14,16,17). The van der Waals surface area contributed by atoms with Crippen LogP contribution in [0, 0.1) is 0 Å². The van der Waals surface area contributed by atoms with Gasteiger partial charge in [0.05, 0.1) is 5.56 Å². The fraction of sp³-hybridized carbons (Fsp3) is 0.615. The number of hydrogen-bond acceptors (Lipinski definition) is 5. The maximum absolute atomic E-state index is 11.1. The molecule has 2 saturated heterocycles. The molecule has 102 valence electrons. The normalized spacial score (nSPS) is 30.5. The van der Waals surface area contributed by atoms with Gasteiger partial charge in [-0.15, -0.1) is 0 Å². The molecule has 1 aromatic rings. The summed E-state index contributed by atoms with van der Waals surface area (Å²) in [6.45, 7) is 0. The molecule has 6 nitrogen and oxygen atoms in total. The van der Waals surface area contributed by atoms with Gasteiger partial charge in [-0.3, -0.25) is 4.79 Å². The number of nitrogens with zero attached hydrogens (tertiary/aromatic N) is 3. The lowest BCUT2D eigenvalue weighted by Gasteiger charge is -2.35. The number of amides is 1. The Morgan fingerprint density at radius 1 is 1.37 bits per heavy atom. The van der Waals surface area contributed by atoms with Gasteiger partial charge < -0.3 is 16.4 Å². The van der Waals surface area contributed by atoms with Crippen LogP contribution in [0.25, 0.3) is 0 Å². The van der Waals surface area contributed by atoms with E-state index in [1.165, 1.54) is 19.0 Å². The molecule has 2 fully saturated rings. The van der Waals surface area contributed by atoms with E-state index in [2.05, 4.69) is 21.9 Å². The summed E-state index contributed by atoms with van der Waals surface area (Å²) >= 11 is 0. The summed E-state index contributed by atoms with van der Waals surface area (Å²) in [6, 6.07) is 1.26. The fourth-order valence-electron chi connectivity index (χ4n) is 3.42. The summed E-state index contributed by atoms with van der Waals surface area (Å²) in [4.78, 5) is 22.2. The largest absolute Gasteiger partial charge is 0.383 e. The summed E-state index contributed by atoms with van der Waals surface area (Å²) in [5, 5.41) is 0. The van der Waals surface area contributed by atoms with Crippen molar-refractivity contribution in [1.82, 2.24) is 14.9 Å². The highest BCUT2D eigenvalue weighted by Gasteiger charge is 2.39. The van der Waals surface area contributed by atoms with E-state index in [1.54, 1.807) is 0 Å². The van der Waals surface area contributed by atoms with Crippen LogP contribution < -0.4 is 11.5 Å². The van der Waals surface area contributed by atoms with Gasteiger partial charge >= 0.3 is 0 Å². The number of primary amides is 1. The molecule has 4 N–H and O–H groups in total. The van der Waals surface area contributed by atoms with Crippen molar-refractivity contribution in [2.24, 2.45) is 5.73 Å². The average molecular weight is 261 g/mol. The van der Waals surface area contributed by atoms with Crippen molar-refractivity contribution >= 4 is 11.7 Å². The summed E-state index contributed by atoms with van der Waals surface area (Å²) in [6.07, 6.45) is 6.12. The van der Waals surface area contributed by atoms with Crippen molar-refractivity contribution in [2.75, 3.05) is 12.8 Å². The molecule has 2 bridgehead atoms. The van der Waals surface area contributed by atoms with Crippen LogP contribution in [0.5, 0.6) is 0 Å². The minimum absolute atomic E-state index is 0.198. The molecule has 3 rings (SSSR count). The quantitative estimate of drug-likeness (QED) is 0.807. The molecular weight excluding hydrogens is 242 g/mol. The minimum Gasteiger partial charge on any atom is -0.383 e. The molecule has 1 aromatic heterocycles. The molecule has 3 heterocycles. The van der Waals surface area contributed by atoms with Crippen LogP contribution in [0.3, 0.4) is 0 Å². The highest BCUT2D eigenvalue weighted by atomic mass is 16.1. The van der Waals surface area contributed by atoms with E-state index >= 15 is 0 Å². The first-order valence-electron chi connectivity index (χ1n) is 6.70. The second-order valence-electron chi connectivity index (χ2n) is 5.61. The SMILES string of the molecule is CN1C2CCC1CC(c1ncc(C(N)=O)c(N)n1)C2. The third kappa shape index (κ3) is 2.06. The van der Waals surface area contributed by atoms with Gasteiger partial charge in [0.2, 0.25) is 0 Å². The van der Waals surface area contributed by atoms with Crippen LogP contribution in [-0.4, -0.2) is 39.9 Å². The van der Waals surface area contributed by atoms with E-state index in [-0.39, 0.29) is 11.4 Å². The zero-order valence-electron chi connectivity index (χ0n) is 11.0. The van der Waals surface area contributed by atoms with Crippen molar-refractivity contribution in [3.8, 4) is 0 Å². The Bertz CT molecular complexity index is 504. The van der Waals surface area contributed by atoms with Crippen LogP contribution in [0.2, 0.25) is 0 Å². The molecule has 1 amide bonds. The Balaban J connectivity index is 1.84. The van der Waals surface area contributed by atoms with Crippen molar-refractivity contribution in [2.45, 2.75) is 43.7 Å². The molecular formula is C13H19N5O. The van der Waals surface area contributed by atoms with E-state index in [9.17, 15) is 4.79 Å². The fourth-order valence-corrected chi connectivity index (χ4v) is 3.42. The van der Waals surface area contributed by atoms with Crippen molar-refractivity contribution < 1.29 is 4.79 Å². The molecule has 0 radical (unpaired) electrons. The molecule has 19 heavy (non-hydrogen) atoms. The topological polar surface area (TPSA) is 98.1 Å². The zero-order valence-corrected chi connectivity index (χ0v) is 11.0. The number of piperidine rings is 1. The van der Waals surface area contributed by atoms with Gasteiger partial charge in [0.25, 0.3) is 5.91 Å². The number of nitrogen functional groups attached to an aromatic ring is 1. The summed E-state index contributed by atoms with van der Waals surface area (Å²) < 4.78 is 0. The third-order valence-corrected chi connectivity index (χ3v) is 4.57. The van der Waals surface area contributed by atoms with Crippen molar-refractivity contribution in [1.29, 1.82) is 0 Å². The lowest BCUT2D eigenvalue weighted by molar-refractivity contribution is 0.100. The lowest BCUT2D eigenvalue weighted by Crippen LogP contribution is -2.39. The van der Waals surface area contributed by atoms with E-state index in [0.717, 1.165) is 18.7 Å². The number of hydrogen-bond donors (Lipinski definition) is 2. The van der Waals surface area contributed by atoms with Gasteiger partial charge in [-0.2, -0.15) is 0 Å². The van der Waals surface area contributed by atoms with Crippen LogP contribution in [0.15, 0.2) is 6.20 Å². The Morgan fingerprint density at radius 3 is 2.53 bits per heavy atom. The first kappa shape index (κ1) is 12.3. The van der Waals surface area contributed by atoms with Gasteiger partial charge in [0.15, 0.2) is 0 Å². The third-order valence-electron chi connectivity index (χ3n) is 4.57. The maximum atomic E-state index is 11.1. The molecule has 2 unspecified atom stereocenters. The van der Waals surface area contributed by atoms with Crippen LogP contribution in [-0.2, 0) is 0 Å². The van der Waals surface area contributed by atoms with Gasteiger partial charge in [-0.25, -0.2) is 9.97 Å². The number of carbonyl (C=O) groups excluding carboxylic acids is 1. The Hall–Kier alpha value is -1.69. The Morgan fingerprint density at radius 2 is 2.00 bits per heavy atom. The minimum atomic E-state index is -0.576. The lowest BCUT2D eigenvalue weighted by atomic mass is 9.90. The van der Waals surface area contributed by atoms with Crippen LogP contribution in [0.1, 0.15) is 47.8 Å². The summed E-state index contributed by atoms with van der Waals surface area (Å²) in [5.41, 5.74) is 11.2. The smallest absolute Gasteiger partial charge is 0.254 e. The second kappa shape index (κ2) is 4.45. The number of fused-ring (bicyclic) bond motifs is 2. The Labute approximate surface area is 112 Å². The van der Waals surface area contributed by atoms with E-state index in [0.29, 0.717) is 18.0 Å². The summed E-state index contributed by atoms with van der Waals surface area (Å²) in [7, 11) is 2.20. The molecule has 0 aromatic carbocycles. The van der Waals surface area contributed by atoms with E-state index in [4.69, 9.17) is 11.5 Å². The highest BCUT2D eigenvalue weighted by molar-refractivity contribution is 5.96. The molecule has 0 spiro atoms. The molecule has 2 atom stereocenters. The van der Waals surface area contributed by atoms with Gasteiger partial charge in [0.1, 0.15) is 11.6 Å². The first-order valence-corrected chi connectivity index (χ1v) is 6.70.